The van der Waals surface area contributed by atoms with Crippen molar-refractivity contribution in [2.45, 2.75) is 38.1 Å². The quantitative estimate of drug-likeness (QED) is 0.732. The number of carbonyl (C=O) groups excluding carboxylic acids is 1. The third-order valence-electron chi connectivity index (χ3n) is 5.43. The molecule has 0 bridgehead atoms. The van der Waals surface area contributed by atoms with Gasteiger partial charge < -0.3 is 10.0 Å². The Kier molecular flexibility index (Phi) is 5.10. The zero-order valence-electron chi connectivity index (χ0n) is 15.6. The number of piperidine rings is 1. The monoisotopic (exact) mass is 377 g/mol. The van der Waals surface area contributed by atoms with E-state index in [1.54, 1.807) is 6.33 Å². The van der Waals surface area contributed by atoms with Crippen LogP contribution in [0.1, 0.15) is 42.5 Å². The molecule has 1 unspecified atom stereocenters. The van der Waals surface area contributed by atoms with Crippen LogP contribution in [0.15, 0.2) is 54.9 Å². The zero-order valence-corrected chi connectivity index (χ0v) is 15.6. The molecule has 6 nitrogen and oxygen atoms in total. The molecule has 1 atom stereocenters. The van der Waals surface area contributed by atoms with E-state index in [2.05, 4.69) is 4.98 Å². The lowest BCUT2D eigenvalue weighted by atomic mass is 9.97. The average Bonchev–Trinajstić information content (AvgIpc) is 3.16. The summed E-state index contributed by atoms with van der Waals surface area (Å²) in [6.07, 6.45) is 5.28. The highest BCUT2D eigenvalue weighted by atomic mass is 16.4. The number of benzene rings is 2. The van der Waals surface area contributed by atoms with E-state index in [4.69, 9.17) is 5.11 Å². The van der Waals surface area contributed by atoms with Crippen molar-refractivity contribution in [3.05, 3.63) is 60.4 Å². The molecule has 0 aliphatic carbocycles. The van der Waals surface area contributed by atoms with Crippen molar-refractivity contribution in [2.24, 2.45) is 0 Å². The van der Waals surface area contributed by atoms with Crippen molar-refractivity contribution >= 4 is 22.9 Å². The SMILES string of the molecule is O=C(O)CCC1CCCCN1C(=O)c1ccc(-n2cnc3ccccc32)cc1. The van der Waals surface area contributed by atoms with Gasteiger partial charge in [-0.15, -0.1) is 0 Å². The van der Waals surface area contributed by atoms with Crippen LogP contribution < -0.4 is 0 Å². The number of aromatic nitrogens is 2. The Hall–Kier alpha value is -3.15. The van der Waals surface area contributed by atoms with Crippen LogP contribution in [0, 0.1) is 0 Å². The summed E-state index contributed by atoms with van der Waals surface area (Å²) in [4.78, 5) is 30.2. The molecular weight excluding hydrogens is 354 g/mol. The number of carboxylic acid groups (broad SMARTS) is 1. The van der Waals surface area contributed by atoms with Crippen LogP contribution in [0.3, 0.4) is 0 Å². The van der Waals surface area contributed by atoms with E-state index >= 15 is 0 Å². The van der Waals surface area contributed by atoms with Gasteiger partial charge in [0.1, 0.15) is 6.33 Å². The van der Waals surface area contributed by atoms with Gasteiger partial charge in [-0.2, -0.15) is 0 Å². The summed E-state index contributed by atoms with van der Waals surface area (Å²) in [5.74, 6) is -0.827. The minimum atomic E-state index is -0.810. The maximum absolute atomic E-state index is 13.0. The number of carbonyl (C=O) groups is 2. The van der Waals surface area contributed by atoms with Crippen LogP contribution in [0.4, 0.5) is 0 Å². The topological polar surface area (TPSA) is 75.4 Å². The lowest BCUT2D eigenvalue weighted by Crippen LogP contribution is -2.43. The molecular formula is C22H23N3O3. The Morgan fingerprint density at radius 1 is 1.07 bits per heavy atom. The normalized spacial score (nSPS) is 17.0. The molecule has 1 N–H and O–H groups in total. The molecule has 2 heterocycles. The summed E-state index contributed by atoms with van der Waals surface area (Å²) in [6.45, 7) is 0.691. The Balaban J connectivity index is 1.54. The fourth-order valence-corrected chi connectivity index (χ4v) is 3.95. The number of hydrogen-bond acceptors (Lipinski definition) is 3. The van der Waals surface area contributed by atoms with Crippen molar-refractivity contribution in [1.82, 2.24) is 14.5 Å². The molecule has 2 aromatic carbocycles. The van der Waals surface area contributed by atoms with E-state index in [-0.39, 0.29) is 18.4 Å². The zero-order chi connectivity index (χ0) is 19.5. The molecule has 28 heavy (non-hydrogen) atoms. The fraction of sp³-hybridized carbons (Fsp3) is 0.318. The lowest BCUT2D eigenvalue weighted by Gasteiger charge is -2.35. The summed E-state index contributed by atoms with van der Waals surface area (Å²) in [5.41, 5.74) is 3.53. The van der Waals surface area contributed by atoms with Crippen molar-refractivity contribution in [2.75, 3.05) is 6.54 Å². The van der Waals surface area contributed by atoms with E-state index in [0.29, 0.717) is 18.5 Å². The molecule has 0 spiro atoms. The van der Waals surface area contributed by atoms with E-state index < -0.39 is 5.97 Å². The molecule has 0 saturated carbocycles. The van der Waals surface area contributed by atoms with Gasteiger partial charge in [-0.3, -0.25) is 14.2 Å². The van der Waals surface area contributed by atoms with Gasteiger partial charge in [0, 0.05) is 30.3 Å². The van der Waals surface area contributed by atoms with Crippen LogP contribution in [0.25, 0.3) is 16.7 Å². The highest BCUT2D eigenvalue weighted by Crippen LogP contribution is 2.24. The summed E-state index contributed by atoms with van der Waals surface area (Å²) < 4.78 is 2.00. The highest BCUT2D eigenvalue weighted by molar-refractivity contribution is 5.94. The first-order chi connectivity index (χ1) is 13.6. The molecule has 3 aromatic rings. The maximum Gasteiger partial charge on any atom is 0.303 e. The summed E-state index contributed by atoms with van der Waals surface area (Å²) in [5, 5.41) is 8.97. The van der Waals surface area contributed by atoms with Gasteiger partial charge >= 0.3 is 5.97 Å². The number of fused-ring (bicyclic) bond motifs is 1. The van der Waals surface area contributed by atoms with Crippen molar-refractivity contribution < 1.29 is 14.7 Å². The summed E-state index contributed by atoms with van der Waals surface area (Å²) in [6, 6.07) is 15.5. The number of aliphatic carboxylic acids is 1. The predicted octanol–water partition coefficient (Wildman–Crippen LogP) is 3.89. The first kappa shape index (κ1) is 18.2. The van der Waals surface area contributed by atoms with Gasteiger partial charge in [0.2, 0.25) is 0 Å². The third kappa shape index (κ3) is 3.63. The molecule has 1 aliphatic rings. The maximum atomic E-state index is 13.0. The van der Waals surface area contributed by atoms with Gasteiger partial charge in [0.15, 0.2) is 0 Å². The third-order valence-corrected chi connectivity index (χ3v) is 5.43. The van der Waals surface area contributed by atoms with E-state index in [9.17, 15) is 9.59 Å². The Morgan fingerprint density at radius 3 is 2.64 bits per heavy atom. The fourth-order valence-electron chi connectivity index (χ4n) is 3.95. The molecule has 4 rings (SSSR count). The summed E-state index contributed by atoms with van der Waals surface area (Å²) >= 11 is 0. The molecule has 144 valence electrons. The van der Waals surface area contributed by atoms with Gasteiger partial charge in [0.25, 0.3) is 5.91 Å². The second kappa shape index (κ2) is 7.84. The number of rotatable bonds is 5. The number of likely N-dealkylation sites (tertiary alicyclic amines) is 1. The minimum absolute atomic E-state index is 0.00891. The van der Waals surface area contributed by atoms with E-state index in [1.165, 1.54) is 0 Å². The Bertz CT molecular complexity index is 994. The predicted molar refractivity (Wildman–Crippen MR) is 107 cm³/mol. The Morgan fingerprint density at radius 2 is 1.86 bits per heavy atom. The molecule has 1 amide bonds. The first-order valence-corrected chi connectivity index (χ1v) is 9.69. The van der Waals surface area contributed by atoms with Gasteiger partial charge in [-0.1, -0.05) is 12.1 Å². The Labute approximate surface area is 163 Å². The van der Waals surface area contributed by atoms with Crippen molar-refractivity contribution in [1.29, 1.82) is 0 Å². The molecule has 0 radical (unpaired) electrons. The average molecular weight is 377 g/mol. The van der Waals surface area contributed by atoms with Crippen LogP contribution in [-0.4, -0.2) is 44.0 Å². The second-order valence-corrected chi connectivity index (χ2v) is 7.23. The minimum Gasteiger partial charge on any atom is -0.481 e. The smallest absolute Gasteiger partial charge is 0.303 e. The largest absolute Gasteiger partial charge is 0.481 e. The molecule has 1 fully saturated rings. The molecule has 6 heteroatoms. The second-order valence-electron chi connectivity index (χ2n) is 7.23. The van der Waals surface area contributed by atoms with Crippen LogP contribution in [-0.2, 0) is 4.79 Å². The van der Waals surface area contributed by atoms with Crippen molar-refractivity contribution in [3.8, 4) is 5.69 Å². The van der Waals surface area contributed by atoms with Gasteiger partial charge in [-0.05, 0) is 62.1 Å². The van der Waals surface area contributed by atoms with E-state index in [1.807, 2.05) is 58.0 Å². The number of carboxylic acids is 1. The van der Waals surface area contributed by atoms with Gasteiger partial charge in [0.05, 0.1) is 11.0 Å². The molecule has 1 aromatic heterocycles. The van der Waals surface area contributed by atoms with Crippen LogP contribution in [0.5, 0.6) is 0 Å². The first-order valence-electron chi connectivity index (χ1n) is 9.69. The van der Waals surface area contributed by atoms with E-state index in [0.717, 1.165) is 36.0 Å². The van der Waals surface area contributed by atoms with Crippen LogP contribution >= 0.6 is 0 Å². The number of hydrogen-bond donors (Lipinski definition) is 1. The highest BCUT2D eigenvalue weighted by Gasteiger charge is 2.27. The van der Waals surface area contributed by atoms with Gasteiger partial charge in [-0.25, -0.2) is 4.98 Å². The number of amides is 1. The van der Waals surface area contributed by atoms with Crippen LogP contribution in [0.2, 0.25) is 0 Å². The molecule has 1 saturated heterocycles. The summed E-state index contributed by atoms with van der Waals surface area (Å²) in [7, 11) is 0. The van der Waals surface area contributed by atoms with Crippen molar-refractivity contribution in [3.63, 3.8) is 0 Å². The standard InChI is InChI=1S/C22H23N3O3/c26-21(27)13-12-17-5-3-4-14-24(17)22(28)16-8-10-18(11-9-16)25-15-23-19-6-1-2-7-20(19)25/h1-2,6-11,15,17H,3-5,12-14H2,(H,26,27). The lowest BCUT2D eigenvalue weighted by molar-refractivity contribution is -0.137. The number of nitrogens with zero attached hydrogens (tertiary/aromatic N) is 3. The number of imidazole rings is 1. The molecule has 1 aliphatic heterocycles. The number of para-hydroxylation sites is 2.